The lowest BCUT2D eigenvalue weighted by atomic mass is 10.2. The summed E-state index contributed by atoms with van der Waals surface area (Å²) in [5.74, 6) is -1.08. The van der Waals surface area contributed by atoms with E-state index in [2.05, 4.69) is 4.74 Å². The second-order valence-corrected chi connectivity index (χ2v) is 3.32. The largest absolute Gasteiger partial charge is 0.508 e. The predicted molar refractivity (Wildman–Crippen MR) is 53.4 cm³/mol. The van der Waals surface area contributed by atoms with E-state index in [1.807, 2.05) is 0 Å². The predicted octanol–water partition coefficient (Wildman–Crippen LogP) is 0.802. The van der Waals surface area contributed by atoms with Crippen LogP contribution in [0.2, 0.25) is 0 Å². The van der Waals surface area contributed by atoms with Crippen molar-refractivity contribution >= 4 is 17.7 Å². The molecule has 2 rings (SSSR count). The molecule has 1 saturated heterocycles. The smallest absolute Gasteiger partial charge is 0.415 e. The highest BCUT2D eigenvalue weighted by molar-refractivity contribution is 5.97. The van der Waals surface area contributed by atoms with Crippen molar-refractivity contribution < 1.29 is 24.5 Å². The minimum absolute atomic E-state index is 0.0446. The number of carboxylic acid groups (broad SMARTS) is 1. The normalized spacial score (nSPS) is 19.6. The van der Waals surface area contributed by atoms with E-state index in [0.29, 0.717) is 5.69 Å². The quantitative estimate of drug-likeness (QED) is 0.774. The van der Waals surface area contributed by atoms with Gasteiger partial charge < -0.3 is 14.9 Å². The van der Waals surface area contributed by atoms with E-state index in [9.17, 15) is 9.59 Å². The van der Waals surface area contributed by atoms with Crippen LogP contribution in [0.3, 0.4) is 0 Å². The molecular weight excluding hydrogens is 214 g/mol. The van der Waals surface area contributed by atoms with Gasteiger partial charge in [-0.05, 0) is 24.3 Å². The summed E-state index contributed by atoms with van der Waals surface area (Å²) in [4.78, 5) is 23.3. The van der Waals surface area contributed by atoms with Crippen LogP contribution in [0, 0.1) is 0 Å². The molecular formula is C10H9NO5. The monoisotopic (exact) mass is 223 g/mol. The van der Waals surface area contributed by atoms with Gasteiger partial charge in [0, 0.05) is 5.69 Å². The van der Waals surface area contributed by atoms with Crippen molar-refractivity contribution in [3.05, 3.63) is 24.3 Å². The maximum absolute atomic E-state index is 11.4. The van der Waals surface area contributed by atoms with Gasteiger partial charge in [0.1, 0.15) is 12.4 Å². The third kappa shape index (κ3) is 1.65. The molecule has 16 heavy (non-hydrogen) atoms. The van der Waals surface area contributed by atoms with Gasteiger partial charge in [-0.3, -0.25) is 4.90 Å². The summed E-state index contributed by atoms with van der Waals surface area (Å²) in [6, 6.07) is 4.65. The zero-order valence-electron chi connectivity index (χ0n) is 8.16. The number of aromatic hydroxyl groups is 1. The van der Waals surface area contributed by atoms with Crippen molar-refractivity contribution in [2.45, 2.75) is 6.04 Å². The Morgan fingerprint density at radius 2 is 2.00 bits per heavy atom. The summed E-state index contributed by atoms with van der Waals surface area (Å²) in [6.07, 6.45) is -0.696. The van der Waals surface area contributed by atoms with Crippen LogP contribution in [0.4, 0.5) is 10.5 Å². The molecule has 1 atom stereocenters. The average Bonchev–Trinajstić information content (AvgIpc) is 2.62. The minimum Gasteiger partial charge on any atom is -0.508 e. The highest BCUT2D eigenvalue weighted by Gasteiger charge is 2.39. The van der Waals surface area contributed by atoms with Crippen LogP contribution in [0.1, 0.15) is 0 Å². The van der Waals surface area contributed by atoms with Crippen LogP contribution < -0.4 is 4.90 Å². The van der Waals surface area contributed by atoms with Crippen LogP contribution in [0.25, 0.3) is 0 Å². The fraction of sp³-hybridized carbons (Fsp3) is 0.200. The number of rotatable bonds is 2. The van der Waals surface area contributed by atoms with Gasteiger partial charge in [-0.25, -0.2) is 9.59 Å². The zero-order valence-corrected chi connectivity index (χ0v) is 8.16. The van der Waals surface area contributed by atoms with E-state index >= 15 is 0 Å². The number of ether oxygens (including phenoxy) is 1. The van der Waals surface area contributed by atoms with E-state index in [1.165, 1.54) is 24.3 Å². The second kappa shape index (κ2) is 3.73. The SMILES string of the molecule is O=C(O)C1COC(=O)N1c1ccc(O)cc1. The molecule has 1 amide bonds. The molecule has 1 aromatic rings. The number of cyclic esters (lactones) is 1. The first-order valence-corrected chi connectivity index (χ1v) is 4.57. The molecule has 1 aliphatic rings. The van der Waals surface area contributed by atoms with Gasteiger partial charge in [-0.1, -0.05) is 0 Å². The Hall–Kier alpha value is -2.24. The molecule has 6 heteroatoms. The van der Waals surface area contributed by atoms with Crippen LogP contribution >= 0.6 is 0 Å². The fourth-order valence-electron chi connectivity index (χ4n) is 1.50. The van der Waals surface area contributed by atoms with Gasteiger partial charge in [0.15, 0.2) is 6.04 Å². The Morgan fingerprint density at radius 3 is 2.56 bits per heavy atom. The molecule has 0 bridgehead atoms. The molecule has 0 spiro atoms. The summed E-state index contributed by atoms with van der Waals surface area (Å²) >= 11 is 0. The van der Waals surface area contributed by atoms with Gasteiger partial charge in [0.2, 0.25) is 0 Å². The number of amides is 1. The molecule has 1 aromatic carbocycles. The topological polar surface area (TPSA) is 87.1 Å². The van der Waals surface area contributed by atoms with Crippen molar-refractivity contribution in [2.75, 3.05) is 11.5 Å². The van der Waals surface area contributed by atoms with Crippen molar-refractivity contribution in [3.8, 4) is 5.75 Å². The molecule has 0 aromatic heterocycles. The molecule has 1 aliphatic heterocycles. The van der Waals surface area contributed by atoms with Crippen LogP contribution in [0.15, 0.2) is 24.3 Å². The van der Waals surface area contributed by atoms with Gasteiger partial charge in [-0.2, -0.15) is 0 Å². The van der Waals surface area contributed by atoms with Crippen molar-refractivity contribution in [2.24, 2.45) is 0 Å². The maximum atomic E-state index is 11.4. The third-order valence-corrected chi connectivity index (χ3v) is 2.29. The number of anilines is 1. The first-order chi connectivity index (χ1) is 7.59. The molecule has 1 unspecified atom stereocenters. The van der Waals surface area contributed by atoms with Crippen molar-refractivity contribution in [3.63, 3.8) is 0 Å². The number of aliphatic carboxylic acids is 1. The number of carbonyl (C=O) groups is 2. The molecule has 0 radical (unpaired) electrons. The zero-order chi connectivity index (χ0) is 11.7. The summed E-state index contributed by atoms with van der Waals surface area (Å²) in [7, 11) is 0. The van der Waals surface area contributed by atoms with Gasteiger partial charge in [0.25, 0.3) is 0 Å². The summed E-state index contributed by atoms with van der Waals surface area (Å²) < 4.78 is 4.67. The van der Waals surface area contributed by atoms with Crippen LogP contribution in [-0.4, -0.2) is 34.9 Å². The van der Waals surface area contributed by atoms with E-state index in [0.717, 1.165) is 4.90 Å². The molecule has 1 fully saturated rings. The highest BCUT2D eigenvalue weighted by atomic mass is 16.6. The van der Waals surface area contributed by atoms with E-state index in [4.69, 9.17) is 10.2 Å². The van der Waals surface area contributed by atoms with E-state index in [-0.39, 0.29) is 12.4 Å². The standard InChI is InChI=1S/C10H9NO5/c12-7-3-1-6(2-4-7)11-8(9(13)14)5-16-10(11)15/h1-4,8,12H,5H2,(H,13,14). The minimum atomic E-state index is -1.13. The Labute approximate surface area is 90.7 Å². The van der Waals surface area contributed by atoms with Crippen molar-refractivity contribution in [1.82, 2.24) is 0 Å². The number of carbonyl (C=O) groups excluding carboxylic acids is 1. The van der Waals surface area contributed by atoms with Gasteiger partial charge >= 0.3 is 12.1 Å². The average molecular weight is 223 g/mol. The maximum Gasteiger partial charge on any atom is 0.415 e. The molecule has 6 nitrogen and oxygen atoms in total. The lowest BCUT2D eigenvalue weighted by Crippen LogP contribution is -2.39. The Bertz CT molecular complexity index is 427. The number of carboxylic acids is 1. The number of phenolic OH excluding ortho intramolecular Hbond substituents is 1. The lowest BCUT2D eigenvalue weighted by Gasteiger charge is -2.17. The first-order valence-electron chi connectivity index (χ1n) is 4.57. The molecule has 0 saturated carbocycles. The summed E-state index contributed by atoms with van der Waals surface area (Å²) in [5, 5.41) is 18.0. The number of phenols is 1. The molecule has 0 aliphatic carbocycles. The van der Waals surface area contributed by atoms with Gasteiger partial charge in [0.05, 0.1) is 0 Å². The van der Waals surface area contributed by atoms with Crippen LogP contribution in [0.5, 0.6) is 5.75 Å². The first kappa shape index (κ1) is 10.3. The molecule has 2 N–H and O–H groups in total. The highest BCUT2D eigenvalue weighted by Crippen LogP contribution is 2.24. The van der Waals surface area contributed by atoms with E-state index in [1.54, 1.807) is 0 Å². The third-order valence-electron chi connectivity index (χ3n) is 2.29. The number of benzene rings is 1. The second-order valence-electron chi connectivity index (χ2n) is 3.32. The number of hydrogen-bond acceptors (Lipinski definition) is 4. The van der Waals surface area contributed by atoms with E-state index < -0.39 is 18.1 Å². The summed E-state index contributed by atoms with van der Waals surface area (Å²) in [6.45, 7) is -0.172. The number of hydrogen-bond donors (Lipinski definition) is 2. The summed E-state index contributed by atoms with van der Waals surface area (Å²) in [5.41, 5.74) is 0.382. The van der Waals surface area contributed by atoms with Crippen molar-refractivity contribution in [1.29, 1.82) is 0 Å². The Balaban J connectivity index is 2.33. The fourth-order valence-corrected chi connectivity index (χ4v) is 1.50. The van der Waals surface area contributed by atoms with Crippen LogP contribution in [-0.2, 0) is 9.53 Å². The van der Waals surface area contributed by atoms with Gasteiger partial charge in [-0.15, -0.1) is 0 Å². The molecule has 84 valence electrons. The Morgan fingerprint density at radius 1 is 1.38 bits per heavy atom. The number of nitrogens with zero attached hydrogens (tertiary/aromatic N) is 1. The molecule has 1 heterocycles. The Kier molecular flexibility index (Phi) is 2.40. The lowest BCUT2D eigenvalue weighted by molar-refractivity contribution is -0.138.